The van der Waals surface area contributed by atoms with Crippen LogP contribution in [0.4, 0.5) is 10.1 Å². The molecule has 0 saturated carbocycles. The summed E-state index contributed by atoms with van der Waals surface area (Å²) in [5, 5.41) is 7.37. The van der Waals surface area contributed by atoms with E-state index in [-0.39, 0.29) is 28.1 Å². The summed E-state index contributed by atoms with van der Waals surface area (Å²) in [7, 11) is -3.72. The number of benzene rings is 2. The maximum absolute atomic E-state index is 13.3. The molecule has 2 heterocycles. The average molecular weight is 491 g/mol. The molecule has 1 aliphatic rings. The largest absolute Gasteiger partial charge is 0.326 e. The Morgan fingerprint density at radius 1 is 1.12 bits per heavy atom. The van der Waals surface area contributed by atoms with Gasteiger partial charge in [-0.05, 0) is 69.2 Å². The van der Waals surface area contributed by atoms with Crippen LogP contribution >= 0.6 is 11.6 Å². The zero-order valence-electron chi connectivity index (χ0n) is 18.3. The van der Waals surface area contributed by atoms with Gasteiger partial charge in [-0.2, -0.15) is 9.40 Å². The number of nitrogens with one attached hydrogen (secondary N) is 1. The minimum absolute atomic E-state index is 0.0136. The fraction of sp³-hybridized carbons (Fsp3) is 0.304. The number of aryl methyl sites for hydroxylation is 1. The molecule has 1 fully saturated rings. The van der Waals surface area contributed by atoms with Gasteiger partial charge < -0.3 is 5.32 Å². The van der Waals surface area contributed by atoms with Gasteiger partial charge in [-0.1, -0.05) is 11.6 Å². The molecule has 1 amide bonds. The molecule has 3 aromatic rings. The van der Waals surface area contributed by atoms with Gasteiger partial charge in [0.1, 0.15) is 10.7 Å². The van der Waals surface area contributed by atoms with E-state index in [4.69, 9.17) is 11.6 Å². The number of anilines is 1. The molecule has 2 aromatic carbocycles. The van der Waals surface area contributed by atoms with Crippen molar-refractivity contribution in [2.24, 2.45) is 0 Å². The van der Waals surface area contributed by atoms with Crippen molar-refractivity contribution in [3.63, 3.8) is 0 Å². The molecule has 10 heteroatoms. The van der Waals surface area contributed by atoms with Crippen LogP contribution in [-0.4, -0.2) is 41.5 Å². The van der Waals surface area contributed by atoms with E-state index >= 15 is 0 Å². The molecule has 33 heavy (non-hydrogen) atoms. The number of halogens is 2. The van der Waals surface area contributed by atoms with Crippen LogP contribution in [0, 0.1) is 19.7 Å². The summed E-state index contributed by atoms with van der Waals surface area (Å²) < 4.78 is 42.2. The Morgan fingerprint density at radius 3 is 2.45 bits per heavy atom. The Balaban J connectivity index is 1.54. The summed E-state index contributed by atoms with van der Waals surface area (Å²) >= 11 is 6.18. The molecular weight excluding hydrogens is 467 g/mol. The normalized spacial score (nSPS) is 14.5. The molecule has 7 nitrogen and oxygen atoms in total. The van der Waals surface area contributed by atoms with Crippen LogP contribution in [0.3, 0.4) is 0 Å². The van der Waals surface area contributed by atoms with E-state index < -0.39 is 10.0 Å². The Morgan fingerprint density at radius 2 is 1.79 bits per heavy atom. The van der Waals surface area contributed by atoms with Crippen molar-refractivity contribution in [2.75, 3.05) is 18.4 Å². The van der Waals surface area contributed by atoms with Crippen molar-refractivity contribution in [2.45, 2.75) is 38.0 Å². The molecule has 1 saturated heterocycles. The Kier molecular flexibility index (Phi) is 6.56. The number of carbonyl (C=O) groups is 1. The molecule has 174 valence electrons. The van der Waals surface area contributed by atoms with Gasteiger partial charge in [-0.15, -0.1) is 0 Å². The second-order valence-corrected chi connectivity index (χ2v) is 10.3. The van der Waals surface area contributed by atoms with Gasteiger partial charge in [0, 0.05) is 30.0 Å². The predicted octanol–water partition coefficient (Wildman–Crippen LogP) is 4.25. The fourth-order valence-corrected chi connectivity index (χ4v) is 5.99. The molecule has 0 aliphatic carbocycles. The van der Waals surface area contributed by atoms with Crippen molar-refractivity contribution in [3.8, 4) is 5.69 Å². The van der Waals surface area contributed by atoms with Crippen LogP contribution in [-0.2, 0) is 21.2 Å². The highest BCUT2D eigenvalue weighted by Gasteiger charge is 2.29. The smallest absolute Gasteiger partial charge is 0.244 e. The van der Waals surface area contributed by atoms with E-state index in [2.05, 4.69) is 10.4 Å². The molecule has 0 unspecified atom stereocenters. The van der Waals surface area contributed by atoms with Crippen LogP contribution in [0.25, 0.3) is 5.69 Å². The summed E-state index contributed by atoms with van der Waals surface area (Å²) in [4.78, 5) is 12.8. The molecular formula is C23H24ClFN4O3S. The third-order valence-electron chi connectivity index (χ3n) is 5.75. The van der Waals surface area contributed by atoms with Gasteiger partial charge in [0.05, 0.1) is 22.8 Å². The predicted molar refractivity (Wildman–Crippen MR) is 125 cm³/mol. The third kappa shape index (κ3) is 4.80. The lowest BCUT2D eigenvalue weighted by Gasteiger charge is -2.17. The zero-order chi connectivity index (χ0) is 23.8. The van der Waals surface area contributed by atoms with Gasteiger partial charge in [-0.3, -0.25) is 4.79 Å². The summed E-state index contributed by atoms with van der Waals surface area (Å²) in [5.74, 6) is -0.652. The number of hydrogen-bond donors (Lipinski definition) is 1. The second kappa shape index (κ2) is 9.24. The van der Waals surface area contributed by atoms with E-state index in [1.807, 2.05) is 6.92 Å². The zero-order valence-corrected chi connectivity index (χ0v) is 19.9. The van der Waals surface area contributed by atoms with E-state index in [1.54, 1.807) is 29.8 Å². The van der Waals surface area contributed by atoms with E-state index in [0.717, 1.165) is 24.1 Å². The summed E-state index contributed by atoms with van der Waals surface area (Å²) in [6, 6.07) is 10.4. The number of amides is 1. The standard InChI is InChI=1S/C23H24ClFN4O3S/c1-15-20(16(2)29(27-15)19-8-5-17(25)6-9-19)14-23(30)26-18-7-10-21(24)22(13-18)33(31,32)28-11-3-4-12-28/h5-10,13H,3-4,11-12,14H2,1-2H3,(H,26,30). The summed E-state index contributed by atoms with van der Waals surface area (Å²) in [5.41, 5.74) is 3.24. The molecule has 0 radical (unpaired) electrons. The lowest BCUT2D eigenvalue weighted by Crippen LogP contribution is -2.28. The SMILES string of the molecule is Cc1nn(-c2ccc(F)cc2)c(C)c1CC(=O)Nc1ccc(Cl)c(S(=O)(=O)N2CCCC2)c1. The van der Waals surface area contributed by atoms with Crippen molar-refractivity contribution < 1.29 is 17.6 Å². The molecule has 1 N–H and O–H groups in total. The topological polar surface area (TPSA) is 84.3 Å². The highest BCUT2D eigenvalue weighted by molar-refractivity contribution is 7.89. The Labute approximate surface area is 197 Å². The molecule has 1 aliphatic heterocycles. The Bertz CT molecular complexity index is 1300. The van der Waals surface area contributed by atoms with E-state index in [0.29, 0.717) is 30.2 Å². The first kappa shape index (κ1) is 23.4. The number of carbonyl (C=O) groups excluding carboxylic acids is 1. The lowest BCUT2D eigenvalue weighted by atomic mass is 10.1. The second-order valence-electron chi connectivity index (χ2n) is 8.02. The highest BCUT2D eigenvalue weighted by Crippen LogP contribution is 2.30. The van der Waals surface area contributed by atoms with Crippen molar-refractivity contribution in [1.29, 1.82) is 0 Å². The minimum atomic E-state index is -3.72. The third-order valence-corrected chi connectivity index (χ3v) is 8.13. The Hall–Kier alpha value is -2.75. The van der Waals surface area contributed by atoms with Gasteiger partial charge in [-0.25, -0.2) is 17.5 Å². The molecule has 0 atom stereocenters. The van der Waals surface area contributed by atoms with E-state index in [1.165, 1.54) is 28.6 Å². The molecule has 0 bridgehead atoms. The number of sulfonamides is 1. The number of nitrogens with zero attached hydrogens (tertiary/aromatic N) is 3. The highest BCUT2D eigenvalue weighted by atomic mass is 35.5. The quantitative estimate of drug-likeness (QED) is 0.560. The first-order valence-electron chi connectivity index (χ1n) is 10.6. The first-order chi connectivity index (χ1) is 15.7. The number of hydrogen-bond acceptors (Lipinski definition) is 4. The summed E-state index contributed by atoms with van der Waals surface area (Å²) in [6.45, 7) is 4.57. The number of aromatic nitrogens is 2. The molecule has 1 aromatic heterocycles. The molecule has 4 rings (SSSR count). The van der Waals surface area contributed by atoms with Gasteiger partial charge in [0.2, 0.25) is 15.9 Å². The van der Waals surface area contributed by atoms with Gasteiger partial charge >= 0.3 is 0 Å². The summed E-state index contributed by atoms with van der Waals surface area (Å²) in [6.07, 6.45) is 1.69. The average Bonchev–Trinajstić information content (AvgIpc) is 3.41. The van der Waals surface area contributed by atoms with Gasteiger partial charge in [0.25, 0.3) is 0 Å². The van der Waals surface area contributed by atoms with Crippen LogP contribution in [0.15, 0.2) is 47.4 Å². The maximum Gasteiger partial charge on any atom is 0.244 e. The fourth-order valence-electron chi connectivity index (χ4n) is 3.98. The van der Waals surface area contributed by atoms with Crippen LogP contribution < -0.4 is 5.32 Å². The van der Waals surface area contributed by atoms with Crippen LogP contribution in [0.5, 0.6) is 0 Å². The van der Waals surface area contributed by atoms with Crippen LogP contribution in [0.1, 0.15) is 29.8 Å². The van der Waals surface area contributed by atoms with Crippen molar-refractivity contribution in [3.05, 3.63) is 70.3 Å². The van der Waals surface area contributed by atoms with Crippen molar-refractivity contribution >= 4 is 33.2 Å². The van der Waals surface area contributed by atoms with Crippen molar-refractivity contribution in [1.82, 2.24) is 14.1 Å². The van der Waals surface area contributed by atoms with E-state index in [9.17, 15) is 17.6 Å². The maximum atomic E-state index is 13.3. The monoisotopic (exact) mass is 490 g/mol. The number of rotatable bonds is 6. The van der Waals surface area contributed by atoms with Crippen LogP contribution in [0.2, 0.25) is 5.02 Å². The lowest BCUT2D eigenvalue weighted by molar-refractivity contribution is -0.115. The first-order valence-corrected chi connectivity index (χ1v) is 12.4. The minimum Gasteiger partial charge on any atom is -0.326 e. The molecule has 0 spiro atoms. The van der Waals surface area contributed by atoms with Gasteiger partial charge in [0.15, 0.2) is 0 Å².